The van der Waals surface area contributed by atoms with Crippen molar-refractivity contribution in [1.82, 2.24) is 15.1 Å². The number of rotatable bonds is 6. The summed E-state index contributed by atoms with van der Waals surface area (Å²) in [6.45, 7) is 0.794. The molecule has 2 N–H and O–H groups in total. The van der Waals surface area contributed by atoms with Gasteiger partial charge in [0.2, 0.25) is 0 Å². The van der Waals surface area contributed by atoms with Crippen molar-refractivity contribution >= 4 is 11.5 Å². The second-order valence-electron chi connectivity index (χ2n) is 6.42. The fraction of sp³-hybridized carbons (Fsp3) is 0.200. The molecular weight excluding hydrogens is 361 g/mol. The first kappa shape index (κ1) is 18.0. The van der Waals surface area contributed by atoms with Crippen LogP contribution in [-0.2, 0) is 6.54 Å². The summed E-state index contributed by atoms with van der Waals surface area (Å²) < 4.78 is 18.7. The highest BCUT2D eigenvalue weighted by molar-refractivity contribution is 5.86. The van der Waals surface area contributed by atoms with E-state index in [1.807, 2.05) is 40.4 Å². The van der Waals surface area contributed by atoms with Gasteiger partial charge < -0.3 is 14.7 Å². The van der Waals surface area contributed by atoms with Crippen LogP contribution >= 0.6 is 0 Å². The second kappa shape index (κ2) is 7.69. The van der Waals surface area contributed by atoms with Crippen molar-refractivity contribution in [3.05, 3.63) is 66.2 Å². The Labute approximate surface area is 161 Å². The smallest absolute Gasteiger partial charge is 0.165 e. The van der Waals surface area contributed by atoms with E-state index in [9.17, 15) is 9.50 Å². The standard InChI is InChI=1S/C20H20FN5O2/c1-28-19-8-14(2-7-18(19)21)11-25-13-26(24-20(25)12-27)17-5-3-15(4-6-17)16-9-22-23-10-16/h2-10,27H,11-13H2,1H3,(H,22,23). The molecule has 0 atom stereocenters. The van der Waals surface area contributed by atoms with Gasteiger partial charge in [0.1, 0.15) is 13.3 Å². The molecule has 3 aromatic rings. The van der Waals surface area contributed by atoms with Crippen molar-refractivity contribution in [1.29, 1.82) is 0 Å². The molecule has 0 fully saturated rings. The van der Waals surface area contributed by atoms with Crippen LogP contribution in [0.5, 0.6) is 5.75 Å². The van der Waals surface area contributed by atoms with Crippen LogP contribution in [0, 0.1) is 5.82 Å². The van der Waals surface area contributed by atoms with Crippen LogP contribution in [-0.4, -0.2) is 46.4 Å². The fourth-order valence-corrected chi connectivity index (χ4v) is 3.15. The lowest BCUT2D eigenvalue weighted by Gasteiger charge is -2.21. The minimum atomic E-state index is -0.400. The summed E-state index contributed by atoms with van der Waals surface area (Å²) in [5.41, 5.74) is 3.85. The number of benzene rings is 2. The molecule has 0 radical (unpaired) electrons. The van der Waals surface area contributed by atoms with Gasteiger partial charge in [-0.15, -0.1) is 0 Å². The number of hydrazone groups is 1. The lowest BCUT2D eigenvalue weighted by Crippen LogP contribution is -2.32. The fourth-order valence-electron chi connectivity index (χ4n) is 3.15. The van der Waals surface area contributed by atoms with Crippen LogP contribution in [0.4, 0.5) is 10.1 Å². The number of aromatic nitrogens is 2. The first-order chi connectivity index (χ1) is 13.7. The van der Waals surface area contributed by atoms with Crippen molar-refractivity contribution in [2.24, 2.45) is 5.10 Å². The van der Waals surface area contributed by atoms with Crippen LogP contribution in [0.15, 0.2) is 60.0 Å². The van der Waals surface area contributed by atoms with Crippen molar-refractivity contribution in [2.45, 2.75) is 6.54 Å². The molecular formula is C20H20FN5O2. The number of hydrogen-bond acceptors (Lipinski definition) is 6. The highest BCUT2D eigenvalue weighted by Gasteiger charge is 2.24. The second-order valence-corrected chi connectivity index (χ2v) is 6.42. The average Bonchev–Trinajstić information content (AvgIpc) is 3.39. The van der Waals surface area contributed by atoms with E-state index < -0.39 is 5.82 Å². The van der Waals surface area contributed by atoms with E-state index >= 15 is 0 Å². The predicted molar refractivity (Wildman–Crippen MR) is 104 cm³/mol. The highest BCUT2D eigenvalue weighted by Crippen LogP contribution is 2.26. The van der Waals surface area contributed by atoms with Gasteiger partial charge in [0.05, 0.1) is 19.0 Å². The summed E-state index contributed by atoms with van der Waals surface area (Å²) in [5, 5.41) is 22.8. The molecule has 0 amide bonds. The lowest BCUT2D eigenvalue weighted by molar-refractivity contribution is 0.327. The van der Waals surface area contributed by atoms with Crippen LogP contribution in [0.2, 0.25) is 0 Å². The average molecular weight is 381 g/mol. The zero-order valence-corrected chi connectivity index (χ0v) is 15.3. The number of H-pyrrole nitrogens is 1. The monoisotopic (exact) mass is 381 g/mol. The first-order valence-corrected chi connectivity index (χ1v) is 8.80. The van der Waals surface area contributed by atoms with Gasteiger partial charge in [0.15, 0.2) is 17.4 Å². The summed E-state index contributed by atoms with van der Waals surface area (Å²) in [5.74, 6) is 0.358. The van der Waals surface area contributed by atoms with Crippen molar-refractivity contribution in [3.63, 3.8) is 0 Å². The Kier molecular flexibility index (Phi) is 4.94. The van der Waals surface area contributed by atoms with Crippen LogP contribution in [0.25, 0.3) is 11.1 Å². The molecule has 1 aliphatic rings. The van der Waals surface area contributed by atoms with Crippen molar-refractivity contribution < 1.29 is 14.2 Å². The molecule has 2 heterocycles. The Hall–Kier alpha value is -3.39. The van der Waals surface area contributed by atoms with E-state index in [0.717, 1.165) is 22.4 Å². The number of halogens is 1. The number of aromatic amines is 1. The minimum absolute atomic E-state index is 0.179. The Bertz CT molecular complexity index is 973. The largest absolute Gasteiger partial charge is 0.494 e. The van der Waals surface area contributed by atoms with Crippen molar-refractivity contribution in [3.8, 4) is 16.9 Å². The number of nitrogens with one attached hydrogen (secondary N) is 1. The van der Waals surface area contributed by atoms with Crippen molar-refractivity contribution in [2.75, 3.05) is 25.4 Å². The number of nitrogens with zero attached hydrogens (tertiary/aromatic N) is 4. The predicted octanol–water partition coefficient (Wildman–Crippen LogP) is 2.81. The van der Waals surface area contributed by atoms with Crippen LogP contribution < -0.4 is 9.75 Å². The number of aliphatic hydroxyl groups excluding tert-OH is 1. The van der Waals surface area contributed by atoms with Gasteiger partial charge in [-0.05, 0) is 35.4 Å². The summed E-state index contributed by atoms with van der Waals surface area (Å²) >= 11 is 0. The molecule has 1 aliphatic heterocycles. The molecule has 1 aromatic heterocycles. The molecule has 0 saturated heterocycles. The highest BCUT2D eigenvalue weighted by atomic mass is 19.1. The third-order valence-electron chi connectivity index (χ3n) is 4.63. The maximum atomic E-state index is 13.6. The molecule has 0 aliphatic carbocycles. The Balaban J connectivity index is 1.50. The molecule has 7 nitrogen and oxygen atoms in total. The minimum Gasteiger partial charge on any atom is -0.494 e. The summed E-state index contributed by atoms with van der Waals surface area (Å²) in [6.07, 6.45) is 3.61. The summed E-state index contributed by atoms with van der Waals surface area (Å²) in [4.78, 5) is 1.94. The number of hydrogen-bond donors (Lipinski definition) is 2. The van der Waals surface area contributed by atoms with E-state index in [1.165, 1.54) is 13.2 Å². The van der Waals surface area contributed by atoms with Gasteiger partial charge in [-0.3, -0.25) is 5.10 Å². The van der Waals surface area contributed by atoms with E-state index in [4.69, 9.17) is 4.74 Å². The van der Waals surface area contributed by atoms with Crippen LogP contribution in [0.1, 0.15) is 5.56 Å². The molecule has 8 heteroatoms. The summed E-state index contributed by atoms with van der Waals surface area (Å²) in [7, 11) is 1.44. The SMILES string of the molecule is COc1cc(CN2CN(c3ccc(-c4cn[nH]c4)cc3)N=C2CO)ccc1F. The molecule has 4 rings (SSSR count). The summed E-state index contributed by atoms with van der Waals surface area (Å²) in [6, 6.07) is 12.7. The molecule has 28 heavy (non-hydrogen) atoms. The number of anilines is 1. The van der Waals surface area contributed by atoms with Gasteiger partial charge in [0.25, 0.3) is 0 Å². The van der Waals surface area contributed by atoms with Gasteiger partial charge >= 0.3 is 0 Å². The van der Waals surface area contributed by atoms with E-state index in [-0.39, 0.29) is 12.4 Å². The van der Waals surface area contributed by atoms with Gasteiger partial charge in [-0.1, -0.05) is 18.2 Å². The Morgan fingerprint density at radius 1 is 1.18 bits per heavy atom. The molecule has 0 spiro atoms. The molecule has 144 valence electrons. The normalized spacial score (nSPS) is 13.8. The number of amidine groups is 1. The molecule has 0 unspecified atom stereocenters. The molecule has 0 saturated carbocycles. The van der Waals surface area contributed by atoms with E-state index in [2.05, 4.69) is 15.3 Å². The van der Waals surface area contributed by atoms with E-state index in [0.29, 0.717) is 19.0 Å². The number of methoxy groups -OCH3 is 1. The molecule has 2 aromatic carbocycles. The third-order valence-corrected chi connectivity index (χ3v) is 4.63. The molecule has 0 bridgehead atoms. The topological polar surface area (TPSA) is 77.0 Å². The lowest BCUT2D eigenvalue weighted by atomic mass is 10.1. The zero-order chi connectivity index (χ0) is 19.5. The van der Waals surface area contributed by atoms with Crippen LogP contribution in [0.3, 0.4) is 0 Å². The maximum Gasteiger partial charge on any atom is 0.165 e. The first-order valence-electron chi connectivity index (χ1n) is 8.80. The number of ether oxygens (including phenoxy) is 1. The maximum absolute atomic E-state index is 13.6. The van der Waals surface area contributed by atoms with E-state index in [1.54, 1.807) is 18.3 Å². The van der Waals surface area contributed by atoms with Gasteiger partial charge in [-0.2, -0.15) is 10.2 Å². The quantitative estimate of drug-likeness (QED) is 0.687. The number of aliphatic hydroxyl groups is 1. The Morgan fingerprint density at radius 2 is 2.00 bits per heavy atom. The zero-order valence-electron chi connectivity index (χ0n) is 15.3. The van der Waals surface area contributed by atoms with Gasteiger partial charge in [0, 0.05) is 18.3 Å². The third kappa shape index (κ3) is 3.54. The Morgan fingerprint density at radius 3 is 2.68 bits per heavy atom. The van der Waals surface area contributed by atoms with Gasteiger partial charge in [-0.25, -0.2) is 9.40 Å².